The predicted octanol–water partition coefficient (Wildman–Crippen LogP) is 2.24. The molecule has 1 aromatic heterocycles. The van der Waals surface area contributed by atoms with Gasteiger partial charge in [-0.05, 0) is 25.3 Å². The molecule has 0 saturated carbocycles. The maximum absolute atomic E-state index is 12.1. The second-order valence-corrected chi connectivity index (χ2v) is 4.48. The minimum absolute atomic E-state index is 0.117. The Bertz CT molecular complexity index is 377. The van der Waals surface area contributed by atoms with Gasteiger partial charge in [-0.3, -0.25) is 0 Å². The van der Waals surface area contributed by atoms with Gasteiger partial charge in [0.25, 0.3) is 0 Å². The Morgan fingerprint density at radius 3 is 2.88 bits per heavy atom. The van der Waals surface area contributed by atoms with E-state index in [2.05, 4.69) is 22.4 Å². The van der Waals surface area contributed by atoms with Crippen molar-refractivity contribution in [2.45, 2.75) is 38.4 Å². The van der Waals surface area contributed by atoms with Gasteiger partial charge in [-0.15, -0.1) is 0 Å². The van der Waals surface area contributed by atoms with Crippen LogP contribution in [0.25, 0.3) is 0 Å². The SMILES string of the molecule is CC1CCNC(c2nc(CC(F)(F)F)no2)C1. The number of halogens is 3. The molecule has 96 valence electrons. The first kappa shape index (κ1) is 12.3. The Morgan fingerprint density at radius 2 is 2.24 bits per heavy atom. The highest BCUT2D eigenvalue weighted by atomic mass is 19.4. The highest BCUT2D eigenvalue weighted by Crippen LogP contribution is 2.26. The molecule has 2 unspecified atom stereocenters. The van der Waals surface area contributed by atoms with Crippen LogP contribution in [-0.4, -0.2) is 22.9 Å². The second-order valence-electron chi connectivity index (χ2n) is 4.48. The van der Waals surface area contributed by atoms with Crippen molar-refractivity contribution >= 4 is 0 Å². The molecule has 1 aliphatic rings. The van der Waals surface area contributed by atoms with Crippen LogP contribution >= 0.6 is 0 Å². The first-order chi connectivity index (χ1) is 7.94. The molecular formula is C10H14F3N3O. The fourth-order valence-electron chi connectivity index (χ4n) is 1.96. The van der Waals surface area contributed by atoms with Crippen molar-refractivity contribution in [3.05, 3.63) is 11.7 Å². The molecular weight excluding hydrogens is 235 g/mol. The Hall–Kier alpha value is -1.11. The molecule has 0 bridgehead atoms. The maximum atomic E-state index is 12.1. The molecule has 0 radical (unpaired) electrons. The van der Waals surface area contributed by atoms with Crippen LogP contribution in [0.4, 0.5) is 13.2 Å². The van der Waals surface area contributed by atoms with Crippen molar-refractivity contribution in [3.8, 4) is 0 Å². The van der Waals surface area contributed by atoms with Gasteiger partial charge in [0.05, 0.1) is 6.04 Å². The van der Waals surface area contributed by atoms with E-state index in [1.807, 2.05) is 0 Å². The molecule has 4 nitrogen and oxygen atoms in total. The van der Waals surface area contributed by atoms with Gasteiger partial charge in [-0.1, -0.05) is 12.1 Å². The Morgan fingerprint density at radius 1 is 1.47 bits per heavy atom. The third-order valence-electron chi connectivity index (χ3n) is 2.81. The third kappa shape index (κ3) is 3.42. The molecule has 7 heteroatoms. The summed E-state index contributed by atoms with van der Waals surface area (Å²) < 4.78 is 41.2. The Balaban J connectivity index is 2.02. The van der Waals surface area contributed by atoms with Crippen molar-refractivity contribution < 1.29 is 17.7 Å². The van der Waals surface area contributed by atoms with E-state index in [0.717, 1.165) is 19.4 Å². The summed E-state index contributed by atoms with van der Waals surface area (Å²) in [6, 6.07) is -0.117. The topological polar surface area (TPSA) is 51.0 Å². The van der Waals surface area contributed by atoms with Crippen molar-refractivity contribution in [1.29, 1.82) is 0 Å². The Labute approximate surface area is 96.6 Å². The molecule has 1 saturated heterocycles. The number of piperidine rings is 1. The van der Waals surface area contributed by atoms with Gasteiger partial charge in [-0.25, -0.2) is 0 Å². The lowest BCUT2D eigenvalue weighted by atomic mass is 9.94. The molecule has 0 aromatic carbocycles. The quantitative estimate of drug-likeness (QED) is 0.873. The minimum atomic E-state index is -4.30. The van der Waals surface area contributed by atoms with E-state index in [1.54, 1.807) is 0 Å². The van der Waals surface area contributed by atoms with Gasteiger partial charge >= 0.3 is 6.18 Å². The van der Waals surface area contributed by atoms with Crippen LogP contribution in [0.3, 0.4) is 0 Å². The van der Waals surface area contributed by atoms with Gasteiger partial charge in [0.15, 0.2) is 5.82 Å². The van der Waals surface area contributed by atoms with Crippen LogP contribution < -0.4 is 5.32 Å². The lowest BCUT2D eigenvalue weighted by molar-refractivity contribution is -0.128. The van der Waals surface area contributed by atoms with Gasteiger partial charge in [0, 0.05) is 0 Å². The summed E-state index contributed by atoms with van der Waals surface area (Å²) in [5.74, 6) is 0.475. The van der Waals surface area contributed by atoms with Crippen LogP contribution in [0.15, 0.2) is 4.52 Å². The number of alkyl halides is 3. The molecule has 0 aliphatic carbocycles. The zero-order valence-electron chi connectivity index (χ0n) is 9.42. The third-order valence-corrected chi connectivity index (χ3v) is 2.81. The lowest BCUT2D eigenvalue weighted by Crippen LogP contribution is -2.31. The second kappa shape index (κ2) is 4.64. The van der Waals surface area contributed by atoms with Gasteiger partial charge in [-0.2, -0.15) is 18.2 Å². The van der Waals surface area contributed by atoms with Crippen molar-refractivity contribution in [3.63, 3.8) is 0 Å². The van der Waals surface area contributed by atoms with E-state index in [-0.39, 0.29) is 17.8 Å². The van der Waals surface area contributed by atoms with Crippen molar-refractivity contribution in [1.82, 2.24) is 15.5 Å². The fourth-order valence-corrected chi connectivity index (χ4v) is 1.96. The summed E-state index contributed by atoms with van der Waals surface area (Å²) in [5, 5.41) is 6.52. The van der Waals surface area contributed by atoms with Gasteiger partial charge in [0.2, 0.25) is 5.89 Å². The number of aromatic nitrogens is 2. The minimum Gasteiger partial charge on any atom is -0.338 e. The standard InChI is InChI=1S/C10H14F3N3O/c1-6-2-3-14-7(4-6)9-15-8(16-17-9)5-10(11,12)13/h6-7,14H,2-5H2,1H3. The summed E-state index contributed by atoms with van der Waals surface area (Å²) in [5.41, 5.74) is 0. The average Bonchev–Trinajstić information content (AvgIpc) is 2.63. The largest absolute Gasteiger partial charge is 0.396 e. The number of hydrogen-bond donors (Lipinski definition) is 1. The molecule has 1 aromatic rings. The summed E-state index contributed by atoms with van der Waals surface area (Å²) in [6.45, 7) is 2.92. The summed E-state index contributed by atoms with van der Waals surface area (Å²) in [7, 11) is 0. The summed E-state index contributed by atoms with van der Waals surface area (Å²) in [6.07, 6.45) is -3.57. The van der Waals surface area contributed by atoms with Gasteiger partial charge in [0.1, 0.15) is 6.42 Å². The van der Waals surface area contributed by atoms with E-state index in [1.165, 1.54) is 0 Å². The smallest absolute Gasteiger partial charge is 0.338 e. The van der Waals surface area contributed by atoms with E-state index >= 15 is 0 Å². The fraction of sp³-hybridized carbons (Fsp3) is 0.800. The number of rotatable bonds is 2. The molecule has 17 heavy (non-hydrogen) atoms. The van der Waals surface area contributed by atoms with Crippen molar-refractivity contribution in [2.75, 3.05) is 6.54 Å². The van der Waals surface area contributed by atoms with Crippen LogP contribution in [0.5, 0.6) is 0 Å². The van der Waals surface area contributed by atoms with Crippen molar-refractivity contribution in [2.24, 2.45) is 5.92 Å². The number of nitrogens with one attached hydrogen (secondary N) is 1. The molecule has 1 N–H and O–H groups in total. The zero-order chi connectivity index (χ0) is 12.5. The molecule has 1 aliphatic heterocycles. The molecule has 1 fully saturated rings. The Kier molecular flexibility index (Phi) is 3.37. The number of hydrogen-bond acceptors (Lipinski definition) is 4. The van der Waals surface area contributed by atoms with Crippen LogP contribution in [0.1, 0.15) is 37.5 Å². The summed E-state index contributed by atoms with van der Waals surface area (Å²) >= 11 is 0. The molecule has 2 rings (SSSR count). The van der Waals surface area contributed by atoms with Crippen LogP contribution in [0, 0.1) is 5.92 Å². The molecule has 0 amide bonds. The molecule has 2 atom stereocenters. The highest BCUT2D eigenvalue weighted by molar-refractivity contribution is 4.96. The highest BCUT2D eigenvalue weighted by Gasteiger charge is 2.32. The first-order valence-corrected chi connectivity index (χ1v) is 5.56. The lowest BCUT2D eigenvalue weighted by Gasteiger charge is -2.25. The van der Waals surface area contributed by atoms with E-state index in [9.17, 15) is 13.2 Å². The monoisotopic (exact) mass is 249 g/mol. The van der Waals surface area contributed by atoms with Crippen LogP contribution in [-0.2, 0) is 6.42 Å². The zero-order valence-corrected chi connectivity index (χ0v) is 9.42. The van der Waals surface area contributed by atoms with E-state index < -0.39 is 12.6 Å². The van der Waals surface area contributed by atoms with Crippen LogP contribution in [0.2, 0.25) is 0 Å². The molecule has 2 heterocycles. The average molecular weight is 249 g/mol. The maximum Gasteiger partial charge on any atom is 0.396 e. The first-order valence-electron chi connectivity index (χ1n) is 5.56. The van der Waals surface area contributed by atoms with E-state index in [4.69, 9.17) is 4.52 Å². The van der Waals surface area contributed by atoms with Gasteiger partial charge < -0.3 is 9.84 Å². The van der Waals surface area contributed by atoms with E-state index in [0.29, 0.717) is 5.92 Å². The summed E-state index contributed by atoms with van der Waals surface area (Å²) in [4.78, 5) is 3.79. The molecule has 0 spiro atoms. The normalized spacial score (nSPS) is 26.1. The number of nitrogens with zero attached hydrogens (tertiary/aromatic N) is 2. The predicted molar refractivity (Wildman–Crippen MR) is 53.2 cm³/mol.